The van der Waals surface area contributed by atoms with Gasteiger partial charge in [0.2, 0.25) is 0 Å². The minimum Gasteiger partial charge on any atom is -0.313 e. The van der Waals surface area contributed by atoms with Gasteiger partial charge in [0.15, 0.2) is 0 Å². The van der Waals surface area contributed by atoms with Gasteiger partial charge in [0, 0.05) is 17.1 Å². The molecule has 0 unspecified atom stereocenters. The van der Waals surface area contributed by atoms with E-state index in [1.165, 1.54) is 0 Å². The van der Waals surface area contributed by atoms with Crippen LogP contribution in [0.5, 0.6) is 0 Å². The van der Waals surface area contributed by atoms with Gasteiger partial charge in [0.25, 0.3) is 0 Å². The molecular weight excluding hydrogens is 285 g/mol. The van der Waals surface area contributed by atoms with E-state index in [0.717, 1.165) is 46.8 Å². The fourth-order valence-electron chi connectivity index (χ4n) is 2.37. The maximum absolute atomic E-state index is 14.2. The summed E-state index contributed by atoms with van der Waals surface area (Å²) < 4.78 is 14.2. The monoisotopic (exact) mass is 305 g/mol. The Balaban J connectivity index is 2.39. The second-order valence-corrected chi connectivity index (χ2v) is 5.81. The average Bonchev–Trinajstić information content (AvgIpc) is 2.45. The number of halogens is 2. The van der Waals surface area contributed by atoms with Crippen LogP contribution in [0.1, 0.15) is 30.0 Å². The molecule has 1 N–H and O–H groups in total. The molecule has 0 atom stereocenters. The van der Waals surface area contributed by atoms with Gasteiger partial charge in [-0.05, 0) is 73.3 Å². The molecule has 0 saturated carbocycles. The molecule has 0 spiro atoms. The van der Waals surface area contributed by atoms with Crippen molar-refractivity contribution in [3.8, 4) is 11.1 Å². The van der Waals surface area contributed by atoms with Crippen LogP contribution in [0.4, 0.5) is 4.39 Å². The van der Waals surface area contributed by atoms with Crippen LogP contribution in [0.25, 0.3) is 11.1 Å². The molecule has 0 aliphatic heterocycles. The van der Waals surface area contributed by atoms with Gasteiger partial charge in [0.1, 0.15) is 5.82 Å². The molecule has 0 heterocycles. The number of rotatable bonds is 5. The van der Waals surface area contributed by atoms with Crippen molar-refractivity contribution in [2.75, 3.05) is 6.54 Å². The lowest BCUT2D eigenvalue weighted by molar-refractivity contribution is 0.628. The van der Waals surface area contributed by atoms with Gasteiger partial charge < -0.3 is 5.32 Å². The lowest BCUT2D eigenvalue weighted by Gasteiger charge is -2.12. The third-order valence-corrected chi connectivity index (χ3v) is 3.99. The highest BCUT2D eigenvalue weighted by Crippen LogP contribution is 2.31. The van der Waals surface area contributed by atoms with Crippen LogP contribution in [-0.4, -0.2) is 6.54 Å². The molecule has 21 heavy (non-hydrogen) atoms. The topological polar surface area (TPSA) is 12.0 Å². The van der Waals surface area contributed by atoms with Crippen LogP contribution < -0.4 is 5.32 Å². The Kier molecular flexibility index (Phi) is 5.38. The average molecular weight is 306 g/mol. The van der Waals surface area contributed by atoms with Crippen molar-refractivity contribution in [3.05, 3.63) is 57.9 Å². The van der Waals surface area contributed by atoms with Crippen LogP contribution in [0.3, 0.4) is 0 Å². The number of benzene rings is 2. The van der Waals surface area contributed by atoms with E-state index in [2.05, 4.69) is 12.2 Å². The number of nitrogens with one attached hydrogen (secondary N) is 1. The lowest BCUT2D eigenvalue weighted by atomic mass is 9.96. The van der Waals surface area contributed by atoms with E-state index in [4.69, 9.17) is 11.6 Å². The van der Waals surface area contributed by atoms with Crippen molar-refractivity contribution in [1.82, 2.24) is 5.32 Å². The molecule has 0 aliphatic rings. The molecule has 2 aromatic carbocycles. The zero-order valence-electron chi connectivity index (χ0n) is 12.8. The van der Waals surface area contributed by atoms with Gasteiger partial charge in [0.05, 0.1) is 0 Å². The Morgan fingerprint density at radius 2 is 1.81 bits per heavy atom. The zero-order valence-corrected chi connectivity index (χ0v) is 13.5. The highest BCUT2D eigenvalue weighted by molar-refractivity contribution is 6.31. The molecular formula is C18H21ClFN. The van der Waals surface area contributed by atoms with Crippen LogP contribution in [0.15, 0.2) is 30.3 Å². The normalized spacial score (nSPS) is 10.9. The molecule has 0 amide bonds. The van der Waals surface area contributed by atoms with Gasteiger partial charge >= 0.3 is 0 Å². The molecule has 0 bridgehead atoms. The van der Waals surface area contributed by atoms with Crippen molar-refractivity contribution in [1.29, 1.82) is 0 Å². The van der Waals surface area contributed by atoms with Crippen molar-refractivity contribution in [3.63, 3.8) is 0 Å². The van der Waals surface area contributed by atoms with E-state index in [9.17, 15) is 4.39 Å². The first-order chi connectivity index (χ1) is 10.0. The number of hydrogen-bond acceptors (Lipinski definition) is 1. The first kappa shape index (κ1) is 16.0. The Morgan fingerprint density at radius 1 is 1.05 bits per heavy atom. The lowest BCUT2D eigenvalue weighted by Crippen LogP contribution is -2.13. The SMILES string of the molecule is CCCNCc1ccc(F)c(-c2cc(C)c(Cl)cc2C)c1. The second-order valence-electron chi connectivity index (χ2n) is 5.41. The van der Waals surface area contributed by atoms with Crippen LogP contribution >= 0.6 is 11.6 Å². The van der Waals surface area contributed by atoms with Crippen molar-refractivity contribution >= 4 is 11.6 Å². The zero-order chi connectivity index (χ0) is 15.4. The Hall–Kier alpha value is -1.38. The summed E-state index contributed by atoms with van der Waals surface area (Å²) >= 11 is 6.13. The van der Waals surface area contributed by atoms with Crippen LogP contribution in [0.2, 0.25) is 5.02 Å². The molecule has 1 nitrogen and oxygen atoms in total. The fourth-order valence-corrected chi connectivity index (χ4v) is 2.59. The quantitative estimate of drug-likeness (QED) is 0.743. The molecule has 0 aromatic heterocycles. The summed E-state index contributed by atoms with van der Waals surface area (Å²) in [4.78, 5) is 0. The van der Waals surface area contributed by atoms with E-state index >= 15 is 0 Å². The largest absolute Gasteiger partial charge is 0.313 e. The number of aryl methyl sites for hydroxylation is 2. The summed E-state index contributed by atoms with van der Waals surface area (Å²) in [6.07, 6.45) is 1.09. The summed E-state index contributed by atoms with van der Waals surface area (Å²) in [5, 5.41) is 4.06. The maximum Gasteiger partial charge on any atom is 0.131 e. The predicted molar refractivity (Wildman–Crippen MR) is 88.3 cm³/mol. The Labute approximate surface area is 131 Å². The number of hydrogen-bond donors (Lipinski definition) is 1. The maximum atomic E-state index is 14.2. The van der Waals surface area contributed by atoms with E-state index in [-0.39, 0.29) is 5.82 Å². The van der Waals surface area contributed by atoms with Crippen molar-refractivity contribution < 1.29 is 4.39 Å². The highest BCUT2D eigenvalue weighted by Gasteiger charge is 2.11. The third-order valence-electron chi connectivity index (χ3n) is 3.58. The van der Waals surface area contributed by atoms with E-state index in [0.29, 0.717) is 5.56 Å². The Bertz CT molecular complexity index is 637. The fraction of sp³-hybridized carbons (Fsp3) is 0.333. The van der Waals surface area contributed by atoms with Crippen molar-refractivity contribution in [2.24, 2.45) is 0 Å². The summed E-state index contributed by atoms with van der Waals surface area (Å²) in [5.41, 5.74) is 4.59. The standard InChI is InChI=1S/C18H21ClFN/c1-4-7-21-11-14-5-6-18(20)16(10-14)15-8-13(3)17(19)9-12(15)2/h5-6,8-10,21H,4,7,11H2,1-3H3. The van der Waals surface area contributed by atoms with Gasteiger partial charge in [-0.3, -0.25) is 0 Å². The third kappa shape index (κ3) is 3.84. The second kappa shape index (κ2) is 7.06. The van der Waals surface area contributed by atoms with Gasteiger partial charge in [-0.1, -0.05) is 24.6 Å². The summed E-state index contributed by atoms with van der Waals surface area (Å²) in [5.74, 6) is -0.195. The first-order valence-corrected chi connectivity index (χ1v) is 7.67. The van der Waals surface area contributed by atoms with E-state index < -0.39 is 0 Å². The van der Waals surface area contributed by atoms with Crippen LogP contribution in [0, 0.1) is 19.7 Å². The smallest absolute Gasteiger partial charge is 0.131 e. The minimum atomic E-state index is -0.195. The van der Waals surface area contributed by atoms with Gasteiger partial charge in [-0.25, -0.2) is 4.39 Å². The molecule has 0 saturated heterocycles. The van der Waals surface area contributed by atoms with E-state index in [1.54, 1.807) is 6.07 Å². The Morgan fingerprint density at radius 3 is 2.52 bits per heavy atom. The van der Waals surface area contributed by atoms with Gasteiger partial charge in [-0.15, -0.1) is 0 Å². The molecule has 0 aliphatic carbocycles. The minimum absolute atomic E-state index is 0.195. The molecule has 112 valence electrons. The highest BCUT2D eigenvalue weighted by atomic mass is 35.5. The molecule has 3 heteroatoms. The van der Waals surface area contributed by atoms with E-state index in [1.807, 2.05) is 38.1 Å². The summed E-state index contributed by atoms with van der Waals surface area (Å²) in [7, 11) is 0. The van der Waals surface area contributed by atoms with Crippen LogP contribution in [-0.2, 0) is 6.54 Å². The molecule has 0 radical (unpaired) electrons. The molecule has 0 fully saturated rings. The summed E-state index contributed by atoms with van der Waals surface area (Å²) in [6, 6.07) is 9.15. The first-order valence-electron chi connectivity index (χ1n) is 7.29. The van der Waals surface area contributed by atoms with Crippen molar-refractivity contribution in [2.45, 2.75) is 33.7 Å². The molecule has 2 aromatic rings. The molecule has 2 rings (SSSR count). The predicted octanol–water partition coefficient (Wildman–Crippen LogP) is 5.26. The summed E-state index contributed by atoms with van der Waals surface area (Å²) in [6.45, 7) is 7.75. The van der Waals surface area contributed by atoms with Gasteiger partial charge in [-0.2, -0.15) is 0 Å².